The number of aryl methyl sites for hydroxylation is 1. The third-order valence-electron chi connectivity index (χ3n) is 3.08. The number of carbonyl (C=O) groups excluding carboxylic acids is 2. The van der Waals surface area contributed by atoms with E-state index < -0.39 is 6.10 Å². The van der Waals surface area contributed by atoms with Gasteiger partial charge in [0.15, 0.2) is 6.10 Å². The van der Waals surface area contributed by atoms with E-state index in [2.05, 4.69) is 17.2 Å². The van der Waals surface area contributed by atoms with E-state index in [9.17, 15) is 9.59 Å². The van der Waals surface area contributed by atoms with Gasteiger partial charge >= 0.3 is 0 Å². The fraction of sp³-hybridized carbons (Fsp3) is 0.333. The van der Waals surface area contributed by atoms with Crippen LogP contribution in [-0.2, 0) is 16.0 Å². The molecule has 1 aliphatic heterocycles. The molecule has 0 saturated heterocycles. The summed E-state index contributed by atoms with van der Waals surface area (Å²) in [7, 11) is 0. The molecule has 1 atom stereocenters. The van der Waals surface area contributed by atoms with Gasteiger partial charge < -0.3 is 15.4 Å². The molecule has 0 aliphatic carbocycles. The highest BCUT2D eigenvalue weighted by molar-refractivity contribution is 5.94. The van der Waals surface area contributed by atoms with Crippen molar-refractivity contribution in [2.75, 3.05) is 11.9 Å². The largest absolute Gasteiger partial charge is 0.481 e. The van der Waals surface area contributed by atoms with Crippen molar-refractivity contribution in [1.82, 2.24) is 5.32 Å². The van der Waals surface area contributed by atoms with Gasteiger partial charge in [-0.3, -0.25) is 9.59 Å². The Hall–Kier alpha value is -2.30. The molecule has 106 valence electrons. The second kappa shape index (κ2) is 6.23. The number of anilines is 1. The molecule has 0 aromatic heterocycles. The van der Waals surface area contributed by atoms with Crippen molar-refractivity contribution in [3.63, 3.8) is 0 Å². The van der Waals surface area contributed by atoms with Gasteiger partial charge in [0.2, 0.25) is 5.91 Å². The molecule has 1 heterocycles. The standard InChI is InChI=1S/C15H18N2O3/c1-3-8-16-15(19)10(2)20-12-6-4-11-5-7-14(18)17-13(11)9-12/h3-4,6,9-10H,1,5,7-8H2,2H3,(H,16,19)(H,17,18). The van der Waals surface area contributed by atoms with Gasteiger partial charge in [0, 0.05) is 24.7 Å². The minimum Gasteiger partial charge on any atom is -0.481 e. The van der Waals surface area contributed by atoms with Crippen molar-refractivity contribution in [3.05, 3.63) is 36.4 Å². The van der Waals surface area contributed by atoms with Crippen LogP contribution in [0, 0.1) is 0 Å². The molecule has 1 aromatic carbocycles. The van der Waals surface area contributed by atoms with Crippen molar-refractivity contribution >= 4 is 17.5 Å². The lowest BCUT2D eigenvalue weighted by atomic mass is 10.0. The Labute approximate surface area is 118 Å². The highest BCUT2D eigenvalue weighted by Crippen LogP contribution is 2.27. The number of hydrogen-bond acceptors (Lipinski definition) is 3. The maximum absolute atomic E-state index is 11.7. The van der Waals surface area contributed by atoms with Crippen LogP contribution in [0.15, 0.2) is 30.9 Å². The number of amides is 2. The van der Waals surface area contributed by atoms with Gasteiger partial charge in [0.1, 0.15) is 5.75 Å². The van der Waals surface area contributed by atoms with E-state index >= 15 is 0 Å². The summed E-state index contributed by atoms with van der Waals surface area (Å²) in [5.41, 5.74) is 1.85. The normalized spacial score (nSPS) is 14.8. The van der Waals surface area contributed by atoms with Crippen LogP contribution in [0.3, 0.4) is 0 Å². The second-order valence-corrected chi connectivity index (χ2v) is 4.66. The first-order valence-corrected chi connectivity index (χ1v) is 6.58. The molecule has 2 N–H and O–H groups in total. The Kier molecular flexibility index (Phi) is 4.40. The predicted molar refractivity (Wildman–Crippen MR) is 76.7 cm³/mol. The van der Waals surface area contributed by atoms with E-state index in [4.69, 9.17) is 4.74 Å². The molecule has 0 spiro atoms. The van der Waals surface area contributed by atoms with Crippen LogP contribution in [-0.4, -0.2) is 24.5 Å². The molecule has 1 unspecified atom stereocenters. The minimum absolute atomic E-state index is 0.00595. The fourth-order valence-corrected chi connectivity index (χ4v) is 2.00. The van der Waals surface area contributed by atoms with Crippen LogP contribution in [0.4, 0.5) is 5.69 Å². The molecule has 0 saturated carbocycles. The number of nitrogens with one attached hydrogen (secondary N) is 2. The molecule has 1 aromatic rings. The molecule has 0 radical (unpaired) electrons. The van der Waals surface area contributed by atoms with Gasteiger partial charge in [0.05, 0.1) is 0 Å². The first-order chi connectivity index (χ1) is 9.60. The summed E-state index contributed by atoms with van der Waals surface area (Å²) in [5, 5.41) is 5.47. The Bertz CT molecular complexity index is 540. The van der Waals surface area contributed by atoms with Crippen LogP contribution in [0.25, 0.3) is 0 Å². The molecule has 0 fully saturated rings. The molecule has 5 heteroatoms. The first kappa shape index (κ1) is 14.1. The SMILES string of the molecule is C=CCNC(=O)C(C)Oc1ccc2c(c1)NC(=O)CC2. The second-order valence-electron chi connectivity index (χ2n) is 4.66. The number of benzene rings is 1. The van der Waals surface area contributed by atoms with Crippen LogP contribution < -0.4 is 15.4 Å². The summed E-state index contributed by atoms with van der Waals surface area (Å²) < 4.78 is 5.58. The van der Waals surface area contributed by atoms with Gasteiger partial charge in [-0.2, -0.15) is 0 Å². The molecule has 2 rings (SSSR count). The lowest BCUT2D eigenvalue weighted by molar-refractivity contribution is -0.127. The lowest BCUT2D eigenvalue weighted by Gasteiger charge is -2.19. The lowest BCUT2D eigenvalue weighted by Crippen LogP contribution is -2.36. The molecule has 20 heavy (non-hydrogen) atoms. The highest BCUT2D eigenvalue weighted by Gasteiger charge is 2.17. The van der Waals surface area contributed by atoms with Crippen molar-refractivity contribution in [2.24, 2.45) is 0 Å². The van der Waals surface area contributed by atoms with E-state index in [0.29, 0.717) is 18.7 Å². The summed E-state index contributed by atoms with van der Waals surface area (Å²) >= 11 is 0. The molecule has 1 aliphatic rings. The molecular weight excluding hydrogens is 256 g/mol. The summed E-state index contributed by atoms with van der Waals surface area (Å²) in [6.45, 7) is 5.62. The zero-order valence-corrected chi connectivity index (χ0v) is 11.4. The quantitative estimate of drug-likeness (QED) is 0.802. The first-order valence-electron chi connectivity index (χ1n) is 6.58. The van der Waals surface area contributed by atoms with E-state index in [1.165, 1.54) is 0 Å². The number of rotatable bonds is 5. The Morgan fingerprint density at radius 3 is 3.10 bits per heavy atom. The summed E-state index contributed by atoms with van der Waals surface area (Å²) in [5.74, 6) is 0.366. The number of fused-ring (bicyclic) bond motifs is 1. The predicted octanol–water partition coefficient (Wildman–Crippen LogP) is 1.64. The average Bonchev–Trinajstić information content (AvgIpc) is 2.44. The average molecular weight is 274 g/mol. The Morgan fingerprint density at radius 2 is 2.35 bits per heavy atom. The monoisotopic (exact) mass is 274 g/mol. The highest BCUT2D eigenvalue weighted by atomic mass is 16.5. The van der Waals surface area contributed by atoms with Crippen molar-refractivity contribution in [2.45, 2.75) is 25.9 Å². The smallest absolute Gasteiger partial charge is 0.261 e. The number of ether oxygens (including phenoxy) is 1. The van der Waals surface area contributed by atoms with Gasteiger partial charge in [-0.05, 0) is 25.0 Å². The van der Waals surface area contributed by atoms with Crippen LogP contribution in [0.1, 0.15) is 18.9 Å². The van der Waals surface area contributed by atoms with E-state index in [1.807, 2.05) is 12.1 Å². The van der Waals surface area contributed by atoms with Gasteiger partial charge in [-0.1, -0.05) is 12.1 Å². The topological polar surface area (TPSA) is 67.4 Å². The zero-order chi connectivity index (χ0) is 14.5. The van der Waals surface area contributed by atoms with Crippen LogP contribution in [0.5, 0.6) is 5.75 Å². The Morgan fingerprint density at radius 1 is 1.55 bits per heavy atom. The molecule has 5 nitrogen and oxygen atoms in total. The van der Waals surface area contributed by atoms with E-state index in [0.717, 1.165) is 17.7 Å². The maximum atomic E-state index is 11.7. The van der Waals surface area contributed by atoms with Gasteiger partial charge in [-0.15, -0.1) is 6.58 Å². The molecule has 2 amide bonds. The molecular formula is C15H18N2O3. The Balaban J connectivity index is 2.03. The van der Waals surface area contributed by atoms with Crippen molar-refractivity contribution < 1.29 is 14.3 Å². The van der Waals surface area contributed by atoms with Crippen molar-refractivity contribution in [3.8, 4) is 5.75 Å². The van der Waals surface area contributed by atoms with E-state index in [-0.39, 0.29) is 11.8 Å². The van der Waals surface area contributed by atoms with Crippen molar-refractivity contribution in [1.29, 1.82) is 0 Å². The van der Waals surface area contributed by atoms with Crippen LogP contribution >= 0.6 is 0 Å². The van der Waals surface area contributed by atoms with Gasteiger partial charge in [0.25, 0.3) is 5.91 Å². The minimum atomic E-state index is -0.604. The summed E-state index contributed by atoms with van der Waals surface area (Å²) in [4.78, 5) is 23.1. The summed E-state index contributed by atoms with van der Waals surface area (Å²) in [6.07, 6.45) is 2.25. The van der Waals surface area contributed by atoms with E-state index in [1.54, 1.807) is 19.1 Å². The third-order valence-corrected chi connectivity index (χ3v) is 3.08. The third kappa shape index (κ3) is 3.38. The molecule has 0 bridgehead atoms. The number of hydrogen-bond donors (Lipinski definition) is 2. The zero-order valence-electron chi connectivity index (χ0n) is 11.4. The van der Waals surface area contributed by atoms with Gasteiger partial charge in [-0.25, -0.2) is 0 Å². The summed E-state index contributed by atoms with van der Waals surface area (Å²) in [6, 6.07) is 5.48. The maximum Gasteiger partial charge on any atom is 0.261 e. The van der Waals surface area contributed by atoms with Crippen LogP contribution in [0.2, 0.25) is 0 Å². The number of carbonyl (C=O) groups is 2. The fourth-order valence-electron chi connectivity index (χ4n) is 2.00.